The Kier molecular flexibility index (Phi) is 4.60. The Bertz CT molecular complexity index is 594. The van der Waals surface area contributed by atoms with Crippen molar-refractivity contribution in [2.24, 2.45) is 11.1 Å². The van der Waals surface area contributed by atoms with Crippen LogP contribution in [-0.4, -0.2) is 36.2 Å². The molecule has 0 spiro atoms. The largest absolute Gasteiger partial charge is 0.404 e. The fraction of sp³-hybridized carbons (Fsp3) is 0.533. The molecule has 0 saturated carbocycles. The third kappa shape index (κ3) is 3.09. The summed E-state index contributed by atoms with van der Waals surface area (Å²) in [4.78, 5) is 12.8. The van der Waals surface area contributed by atoms with E-state index in [1.807, 2.05) is 0 Å². The first-order chi connectivity index (χ1) is 10.9. The van der Waals surface area contributed by atoms with Crippen LogP contribution in [0.15, 0.2) is 24.3 Å². The summed E-state index contributed by atoms with van der Waals surface area (Å²) in [5.41, 5.74) is 3.04. The van der Waals surface area contributed by atoms with Crippen LogP contribution in [0.2, 0.25) is 0 Å². The van der Waals surface area contributed by atoms with Crippen molar-refractivity contribution in [2.45, 2.75) is 31.7 Å². The molecule has 1 amide bonds. The number of rotatable bonds is 2. The second kappa shape index (κ2) is 5.94. The molecule has 0 aliphatic carbocycles. The number of hydrogen-bond acceptors (Lipinski definition) is 2. The van der Waals surface area contributed by atoms with Crippen LogP contribution < -0.4 is 5.73 Å². The first-order valence-electron chi connectivity index (χ1n) is 7.13. The third-order valence-electron chi connectivity index (χ3n) is 4.37. The third-order valence-corrected chi connectivity index (χ3v) is 4.37. The van der Waals surface area contributed by atoms with Crippen LogP contribution in [0.3, 0.4) is 0 Å². The van der Waals surface area contributed by atoms with Gasteiger partial charge in [0.2, 0.25) is 5.91 Å². The van der Waals surface area contributed by atoms with Crippen molar-refractivity contribution >= 4 is 5.91 Å². The molecule has 134 valence electrons. The lowest BCUT2D eigenvalue weighted by Crippen LogP contribution is -2.52. The molecule has 2 N–H and O–H groups in total. The smallest absolute Gasteiger partial charge is 0.340 e. The lowest BCUT2D eigenvalue weighted by atomic mass is 9.85. The van der Waals surface area contributed by atoms with Gasteiger partial charge in [0.05, 0.1) is 0 Å². The number of hydrogen-bond donors (Lipinski definition) is 1. The summed E-state index contributed by atoms with van der Waals surface area (Å²) in [6, 6.07) is 5.05. The number of nitrogens with zero attached hydrogens (tertiary/aromatic N) is 1. The molecule has 3 nitrogen and oxygen atoms in total. The standard InChI is InChI=1S/C15H16F6N2O/c1-9-2-4-10(5-3-9)11(22)12(24)23-7-6-13(8-23,14(16,17)18)15(19,20)21/h2-5,11H,6-8,22H2,1H3. The Balaban J connectivity index is 2.22. The van der Waals surface area contributed by atoms with Crippen molar-refractivity contribution in [1.29, 1.82) is 0 Å². The SMILES string of the molecule is Cc1ccc(C(N)C(=O)N2CCC(C(F)(F)F)(C(F)(F)F)C2)cc1. The fourth-order valence-electron chi connectivity index (χ4n) is 2.73. The number of benzene rings is 1. The van der Waals surface area contributed by atoms with E-state index in [-0.39, 0.29) is 0 Å². The molecule has 2 rings (SSSR count). The molecular formula is C15H16F6N2O. The van der Waals surface area contributed by atoms with E-state index >= 15 is 0 Å². The number of amides is 1. The minimum absolute atomic E-state index is 0.335. The Hall–Kier alpha value is -1.77. The molecular weight excluding hydrogens is 338 g/mol. The van der Waals surface area contributed by atoms with Crippen LogP contribution in [-0.2, 0) is 4.79 Å². The Labute approximate surface area is 134 Å². The normalized spacial score (nSPS) is 19.4. The van der Waals surface area contributed by atoms with Crippen molar-refractivity contribution in [2.75, 3.05) is 13.1 Å². The summed E-state index contributed by atoms with van der Waals surface area (Å²) < 4.78 is 78.2. The van der Waals surface area contributed by atoms with E-state index in [2.05, 4.69) is 0 Å². The summed E-state index contributed by atoms with van der Waals surface area (Å²) in [5.74, 6) is -0.950. The van der Waals surface area contributed by atoms with Gasteiger partial charge < -0.3 is 10.6 Å². The quantitative estimate of drug-likeness (QED) is 0.828. The Morgan fingerprint density at radius 1 is 1.12 bits per heavy atom. The molecule has 0 aromatic heterocycles. The zero-order valence-electron chi connectivity index (χ0n) is 12.7. The van der Waals surface area contributed by atoms with Gasteiger partial charge in [0.1, 0.15) is 6.04 Å². The summed E-state index contributed by atoms with van der Waals surface area (Å²) in [5, 5.41) is 0. The van der Waals surface area contributed by atoms with Crippen LogP contribution in [0, 0.1) is 12.3 Å². The van der Waals surface area contributed by atoms with E-state index in [0.29, 0.717) is 10.5 Å². The maximum Gasteiger partial charge on any atom is 0.404 e. The molecule has 1 aliphatic rings. The first kappa shape index (κ1) is 18.6. The lowest BCUT2D eigenvalue weighted by Gasteiger charge is -2.33. The number of carbonyl (C=O) groups is 1. The zero-order valence-corrected chi connectivity index (χ0v) is 12.7. The molecule has 0 radical (unpaired) electrons. The highest BCUT2D eigenvalue weighted by atomic mass is 19.4. The van der Waals surface area contributed by atoms with Crippen LogP contribution in [0.1, 0.15) is 23.6 Å². The minimum Gasteiger partial charge on any atom is -0.340 e. The van der Waals surface area contributed by atoms with Crippen molar-refractivity contribution in [3.05, 3.63) is 35.4 Å². The van der Waals surface area contributed by atoms with Crippen molar-refractivity contribution in [1.82, 2.24) is 4.90 Å². The molecule has 1 saturated heterocycles. The summed E-state index contributed by atoms with van der Waals surface area (Å²) >= 11 is 0. The van der Waals surface area contributed by atoms with E-state index in [0.717, 1.165) is 5.56 Å². The van der Waals surface area contributed by atoms with E-state index in [9.17, 15) is 31.1 Å². The average Bonchev–Trinajstić information content (AvgIpc) is 2.92. The summed E-state index contributed by atoms with van der Waals surface area (Å²) in [6.45, 7) is -0.311. The number of carbonyl (C=O) groups excluding carboxylic acids is 1. The maximum absolute atomic E-state index is 13.0. The lowest BCUT2D eigenvalue weighted by molar-refractivity contribution is -0.334. The molecule has 1 aliphatic heterocycles. The molecule has 1 heterocycles. The van der Waals surface area contributed by atoms with Gasteiger partial charge in [-0.3, -0.25) is 4.79 Å². The van der Waals surface area contributed by atoms with Gasteiger partial charge in [0.15, 0.2) is 5.41 Å². The van der Waals surface area contributed by atoms with Crippen molar-refractivity contribution in [3.8, 4) is 0 Å². The van der Waals surface area contributed by atoms with Crippen LogP contribution in [0.25, 0.3) is 0 Å². The summed E-state index contributed by atoms with van der Waals surface area (Å²) in [7, 11) is 0. The van der Waals surface area contributed by atoms with E-state index < -0.39 is 49.2 Å². The van der Waals surface area contributed by atoms with E-state index in [1.165, 1.54) is 12.1 Å². The van der Waals surface area contributed by atoms with Crippen LogP contribution in [0.5, 0.6) is 0 Å². The van der Waals surface area contributed by atoms with Gasteiger partial charge in [-0.1, -0.05) is 29.8 Å². The van der Waals surface area contributed by atoms with Crippen molar-refractivity contribution in [3.63, 3.8) is 0 Å². The molecule has 9 heteroatoms. The monoisotopic (exact) mass is 354 g/mol. The van der Waals surface area contributed by atoms with E-state index in [4.69, 9.17) is 5.73 Å². The molecule has 24 heavy (non-hydrogen) atoms. The summed E-state index contributed by atoms with van der Waals surface area (Å²) in [6.07, 6.45) is -12.2. The van der Waals surface area contributed by atoms with Crippen molar-refractivity contribution < 1.29 is 31.1 Å². The Morgan fingerprint density at radius 2 is 1.62 bits per heavy atom. The van der Waals surface area contributed by atoms with Gasteiger partial charge in [-0.2, -0.15) is 26.3 Å². The van der Waals surface area contributed by atoms with Gasteiger partial charge in [-0.05, 0) is 18.9 Å². The van der Waals surface area contributed by atoms with Gasteiger partial charge in [0, 0.05) is 13.1 Å². The molecule has 1 aromatic rings. The fourth-order valence-corrected chi connectivity index (χ4v) is 2.73. The van der Waals surface area contributed by atoms with Gasteiger partial charge >= 0.3 is 12.4 Å². The maximum atomic E-state index is 13.0. The second-order valence-electron chi connectivity index (χ2n) is 5.98. The highest BCUT2D eigenvalue weighted by Crippen LogP contribution is 2.55. The number of nitrogens with two attached hydrogens (primary N) is 1. The van der Waals surface area contributed by atoms with E-state index in [1.54, 1.807) is 19.1 Å². The van der Waals surface area contributed by atoms with Crippen LogP contribution >= 0.6 is 0 Å². The highest BCUT2D eigenvalue weighted by Gasteiger charge is 2.73. The molecule has 0 bridgehead atoms. The second-order valence-corrected chi connectivity index (χ2v) is 5.98. The molecule has 1 fully saturated rings. The first-order valence-corrected chi connectivity index (χ1v) is 7.13. The highest BCUT2D eigenvalue weighted by molar-refractivity contribution is 5.83. The number of likely N-dealkylation sites (tertiary alicyclic amines) is 1. The topological polar surface area (TPSA) is 46.3 Å². The van der Waals surface area contributed by atoms with Crippen LogP contribution in [0.4, 0.5) is 26.3 Å². The van der Waals surface area contributed by atoms with Gasteiger partial charge in [-0.25, -0.2) is 0 Å². The minimum atomic E-state index is -5.49. The predicted octanol–water partition coefficient (Wildman–Crippen LogP) is 3.34. The molecule has 1 unspecified atom stereocenters. The zero-order chi connectivity index (χ0) is 18.3. The van der Waals surface area contributed by atoms with Gasteiger partial charge in [0.25, 0.3) is 0 Å². The molecule has 1 atom stereocenters. The Morgan fingerprint density at radius 3 is 2.04 bits per heavy atom. The average molecular weight is 354 g/mol. The van der Waals surface area contributed by atoms with Gasteiger partial charge in [-0.15, -0.1) is 0 Å². The number of aryl methyl sites for hydroxylation is 1. The number of halogens is 6. The molecule has 1 aromatic carbocycles. The number of alkyl halides is 6. The predicted molar refractivity (Wildman–Crippen MR) is 73.8 cm³/mol.